The fraction of sp³-hybridized carbons (Fsp3) is 0.353. The largest absolute Gasteiger partial charge is 0.356 e. The van der Waals surface area contributed by atoms with Crippen LogP contribution in [-0.2, 0) is 11.2 Å². The fourth-order valence-corrected chi connectivity index (χ4v) is 3.59. The summed E-state index contributed by atoms with van der Waals surface area (Å²) in [4.78, 5) is 14.3. The highest BCUT2D eigenvalue weighted by atomic mass is 32.2. The summed E-state index contributed by atoms with van der Waals surface area (Å²) in [5.74, 6) is 0.968. The molecule has 2 rings (SSSR count). The zero-order chi connectivity index (χ0) is 15.1. The second-order valence-corrected chi connectivity index (χ2v) is 7.22. The van der Waals surface area contributed by atoms with E-state index in [0.717, 1.165) is 18.7 Å². The lowest BCUT2D eigenvalue weighted by molar-refractivity contribution is -0.120. The molecule has 0 fully saturated rings. The number of carbonyl (C=O) groups excluding carboxylic acids is 1. The summed E-state index contributed by atoms with van der Waals surface area (Å²) in [5.41, 5.74) is 2.62. The normalized spacial score (nSPS) is 10.6. The molecule has 21 heavy (non-hydrogen) atoms. The molecule has 4 heteroatoms. The lowest BCUT2D eigenvalue weighted by Gasteiger charge is -2.06. The van der Waals surface area contributed by atoms with Gasteiger partial charge in [0, 0.05) is 28.5 Å². The third-order valence-corrected chi connectivity index (χ3v) is 5.28. The van der Waals surface area contributed by atoms with Gasteiger partial charge in [-0.25, -0.2) is 0 Å². The van der Waals surface area contributed by atoms with E-state index in [-0.39, 0.29) is 5.91 Å². The molecule has 0 saturated carbocycles. The van der Waals surface area contributed by atoms with Gasteiger partial charge in [0.2, 0.25) is 5.91 Å². The molecular weight excluding hydrogens is 298 g/mol. The third kappa shape index (κ3) is 5.56. The number of thioether (sulfide) groups is 1. The number of benzene rings is 1. The Morgan fingerprint density at radius 3 is 2.81 bits per heavy atom. The quantitative estimate of drug-likeness (QED) is 0.775. The first kappa shape index (κ1) is 16.1. The van der Waals surface area contributed by atoms with Crippen molar-refractivity contribution in [2.75, 3.05) is 12.3 Å². The Kier molecular flexibility index (Phi) is 6.33. The SMILES string of the molecule is Cc1ccc(SCCC(=O)NCCc2cccs2)cc1C. The van der Waals surface area contributed by atoms with Crippen molar-refractivity contribution < 1.29 is 4.79 Å². The Balaban J connectivity index is 1.63. The van der Waals surface area contributed by atoms with Crippen LogP contribution in [0.25, 0.3) is 0 Å². The maximum atomic E-state index is 11.8. The zero-order valence-corrected chi connectivity index (χ0v) is 14.2. The van der Waals surface area contributed by atoms with Gasteiger partial charge in [0.05, 0.1) is 0 Å². The van der Waals surface area contributed by atoms with E-state index in [9.17, 15) is 4.79 Å². The topological polar surface area (TPSA) is 29.1 Å². The lowest BCUT2D eigenvalue weighted by atomic mass is 10.1. The Morgan fingerprint density at radius 2 is 2.10 bits per heavy atom. The summed E-state index contributed by atoms with van der Waals surface area (Å²) in [6, 6.07) is 10.6. The van der Waals surface area contributed by atoms with E-state index < -0.39 is 0 Å². The number of carbonyl (C=O) groups is 1. The van der Waals surface area contributed by atoms with E-state index in [0.29, 0.717) is 6.42 Å². The standard InChI is InChI=1S/C17H21NOS2/c1-13-5-6-16(12-14(13)2)21-11-8-17(19)18-9-7-15-4-3-10-20-15/h3-6,10,12H,7-9,11H2,1-2H3,(H,18,19). The van der Waals surface area contributed by atoms with Crippen LogP contribution in [0.4, 0.5) is 0 Å². The minimum Gasteiger partial charge on any atom is -0.356 e. The highest BCUT2D eigenvalue weighted by molar-refractivity contribution is 7.99. The number of aryl methyl sites for hydroxylation is 2. The van der Waals surface area contributed by atoms with Crippen LogP contribution in [0.2, 0.25) is 0 Å². The minimum atomic E-state index is 0.142. The van der Waals surface area contributed by atoms with Crippen LogP contribution in [0, 0.1) is 13.8 Å². The third-order valence-electron chi connectivity index (χ3n) is 3.35. The summed E-state index contributed by atoms with van der Waals surface area (Å²) < 4.78 is 0. The molecule has 0 aliphatic heterocycles. The summed E-state index contributed by atoms with van der Waals surface area (Å²) in [5, 5.41) is 5.05. The molecule has 0 spiro atoms. The molecule has 1 N–H and O–H groups in total. The van der Waals surface area contributed by atoms with E-state index in [4.69, 9.17) is 0 Å². The molecule has 2 nitrogen and oxygen atoms in total. The van der Waals surface area contributed by atoms with Crippen LogP contribution < -0.4 is 5.32 Å². The fourth-order valence-electron chi connectivity index (χ4n) is 1.93. The maximum Gasteiger partial charge on any atom is 0.220 e. The van der Waals surface area contributed by atoms with Gasteiger partial charge in [-0.3, -0.25) is 4.79 Å². The number of thiophene rings is 1. The second-order valence-electron chi connectivity index (χ2n) is 5.02. The predicted octanol–water partition coefficient (Wildman–Crippen LogP) is 4.21. The number of rotatable bonds is 7. The molecule has 1 heterocycles. The number of nitrogens with one attached hydrogen (secondary N) is 1. The molecule has 1 amide bonds. The van der Waals surface area contributed by atoms with Crippen molar-refractivity contribution >= 4 is 29.0 Å². The zero-order valence-electron chi connectivity index (χ0n) is 12.5. The van der Waals surface area contributed by atoms with Crippen LogP contribution in [0.5, 0.6) is 0 Å². The van der Waals surface area contributed by atoms with Gasteiger partial charge in [0.1, 0.15) is 0 Å². The van der Waals surface area contributed by atoms with Crippen molar-refractivity contribution in [1.82, 2.24) is 5.32 Å². The smallest absolute Gasteiger partial charge is 0.220 e. The minimum absolute atomic E-state index is 0.142. The molecule has 0 aliphatic carbocycles. The first-order valence-corrected chi connectivity index (χ1v) is 9.01. The molecule has 0 unspecified atom stereocenters. The number of hydrogen-bond acceptors (Lipinski definition) is 3. The highest BCUT2D eigenvalue weighted by Gasteiger charge is 2.03. The Labute approximate surface area is 135 Å². The van der Waals surface area contributed by atoms with Gasteiger partial charge in [-0.1, -0.05) is 12.1 Å². The summed E-state index contributed by atoms with van der Waals surface area (Å²) in [7, 11) is 0. The molecule has 0 atom stereocenters. The maximum absolute atomic E-state index is 11.8. The average Bonchev–Trinajstić information content (AvgIpc) is 2.96. The number of hydrogen-bond donors (Lipinski definition) is 1. The van der Waals surface area contributed by atoms with E-state index in [1.165, 1.54) is 20.9 Å². The van der Waals surface area contributed by atoms with Crippen molar-refractivity contribution in [1.29, 1.82) is 0 Å². The van der Waals surface area contributed by atoms with Crippen LogP contribution >= 0.6 is 23.1 Å². The molecule has 2 aromatic rings. The van der Waals surface area contributed by atoms with Crippen molar-refractivity contribution in [3.05, 3.63) is 51.7 Å². The average molecular weight is 319 g/mol. The van der Waals surface area contributed by atoms with Gasteiger partial charge >= 0.3 is 0 Å². The van der Waals surface area contributed by atoms with E-state index in [2.05, 4.69) is 48.8 Å². The molecule has 0 bridgehead atoms. The molecule has 0 saturated heterocycles. The van der Waals surface area contributed by atoms with Crippen molar-refractivity contribution in [2.45, 2.75) is 31.6 Å². The van der Waals surface area contributed by atoms with Crippen LogP contribution in [0.3, 0.4) is 0 Å². The highest BCUT2D eigenvalue weighted by Crippen LogP contribution is 2.21. The summed E-state index contributed by atoms with van der Waals surface area (Å²) in [6.07, 6.45) is 1.50. The van der Waals surface area contributed by atoms with E-state index in [1.807, 2.05) is 6.07 Å². The van der Waals surface area contributed by atoms with Crippen LogP contribution in [0.1, 0.15) is 22.4 Å². The van der Waals surface area contributed by atoms with E-state index >= 15 is 0 Å². The van der Waals surface area contributed by atoms with Gasteiger partial charge in [0.25, 0.3) is 0 Å². The summed E-state index contributed by atoms with van der Waals surface area (Å²) >= 11 is 3.48. The lowest BCUT2D eigenvalue weighted by Crippen LogP contribution is -2.25. The van der Waals surface area contributed by atoms with Crippen molar-refractivity contribution in [2.24, 2.45) is 0 Å². The van der Waals surface area contributed by atoms with Gasteiger partial charge in [-0.2, -0.15) is 0 Å². The molecule has 112 valence electrons. The van der Waals surface area contributed by atoms with Crippen molar-refractivity contribution in [3.8, 4) is 0 Å². The van der Waals surface area contributed by atoms with Gasteiger partial charge in [-0.05, 0) is 55.0 Å². The van der Waals surface area contributed by atoms with Crippen LogP contribution in [0.15, 0.2) is 40.6 Å². The van der Waals surface area contributed by atoms with Gasteiger partial charge < -0.3 is 5.32 Å². The Bertz CT molecular complexity index is 578. The monoisotopic (exact) mass is 319 g/mol. The molecule has 1 aromatic carbocycles. The first-order valence-electron chi connectivity index (χ1n) is 7.14. The molecule has 0 radical (unpaired) electrons. The second kappa shape index (κ2) is 8.25. The van der Waals surface area contributed by atoms with Gasteiger partial charge in [0.15, 0.2) is 0 Å². The van der Waals surface area contributed by atoms with E-state index in [1.54, 1.807) is 23.1 Å². The van der Waals surface area contributed by atoms with Crippen molar-refractivity contribution in [3.63, 3.8) is 0 Å². The molecule has 0 aliphatic rings. The predicted molar refractivity (Wildman–Crippen MR) is 92.3 cm³/mol. The van der Waals surface area contributed by atoms with Crippen LogP contribution in [-0.4, -0.2) is 18.2 Å². The Morgan fingerprint density at radius 1 is 1.24 bits per heavy atom. The van der Waals surface area contributed by atoms with Gasteiger partial charge in [-0.15, -0.1) is 23.1 Å². The molecular formula is C17H21NOS2. The number of amides is 1. The first-order chi connectivity index (χ1) is 10.1. The Hall–Kier alpha value is -1.26. The molecule has 1 aromatic heterocycles. The summed E-state index contributed by atoms with van der Waals surface area (Å²) in [6.45, 7) is 4.97.